The quantitative estimate of drug-likeness (QED) is 0.607. The lowest BCUT2D eigenvalue weighted by atomic mass is 10.3. The van der Waals surface area contributed by atoms with Crippen molar-refractivity contribution in [3.63, 3.8) is 0 Å². The normalized spacial score (nSPS) is 10.4. The summed E-state index contributed by atoms with van der Waals surface area (Å²) in [7, 11) is 0. The van der Waals surface area contributed by atoms with Crippen molar-refractivity contribution in [2.45, 2.75) is 6.18 Å². The SMILES string of the molecule is O.O=C(c1cnccn1)C(F)(F)F. The van der Waals surface area contributed by atoms with E-state index < -0.39 is 17.7 Å². The van der Waals surface area contributed by atoms with E-state index in [0.29, 0.717) is 0 Å². The van der Waals surface area contributed by atoms with Crippen molar-refractivity contribution in [2.75, 3.05) is 0 Å². The average molecular weight is 194 g/mol. The first-order valence-electron chi connectivity index (χ1n) is 2.89. The first-order chi connectivity index (χ1) is 5.52. The Morgan fingerprint density at radius 3 is 2.31 bits per heavy atom. The molecule has 1 aromatic rings. The van der Waals surface area contributed by atoms with E-state index in [1.807, 2.05) is 0 Å². The molecule has 13 heavy (non-hydrogen) atoms. The van der Waals surface area contributed by atoms with Gasteiger partial charge in [-0.25, -0.2) is 4.98 Å². The molecule has 1 aromatic heterocycles. The van der Waals surface area contributed by atoms with Crippen molar-refractivity contribution in [3.8, 4) is 0 Å². The van der Waals surface area contributed by atoms with E-state index in [-0.39, 0.29) is 5.48 Å². The van der Waals surface area contributed by atoms with Gasteiger partial charge in [-0.1, -0.05) is 0 Å². The Morgan fingerprint density at radius 1 is 1.31 bits per heavy atom. The van der Waals surface area contributed by atoms with Gasteiger partial charge in [-0.3, -0.25) is 9.78 Å². The first kappa shape index (κ1) is 11.5. The highest BCUT2D eigenvalue weighted by atomic mass is 19.4. The highest BCUT2D eigenvalue weighted by Crippen LogP contribution is 2.19. The molecule has 0 atom stereocenters. The molecule has 7 heteroatoms. The number of nitrogens with zero attached hydrogens (tertiary/aromatic N) is 2. The van der Waals surface area contributed by atoms with Gasteiger partial charge in [0.15, 0.2) is 0 Å². The van der Waals surface area contributed by atoms with Crippen LogP contribution in [0.3, 0.4) is 0 Å². The van der Waals surface area contributed by atoms with Crippen molar-refractivity contribution in [3.05, 3.63) is 24.3 Å². The molecular weight excluding hydrogens is 189 g/mol. The zero-order valence-corrected chi connectivity index (χ0v) is 6.17. The zero-order valence-electron chi connectivity index (χ0n) is 6.17. The summed E-state index contributed by atoms with van der Waals surface area (Å²) in [5.41, 5.74) is -0.690. The molecule has 0 radical (unpaired) electrons. The summed E-state index contributed by atoms with van der Waals surface area (Å²) in [5, 5.41) is 0. The molecule has 0 aliphatic rings. The molecule has 0 bridgehead atoms. The van der Waals surface area contributed by atoms with Gasteiger partial charge in [-0.2, -0.15) is 13.2 Å². The van der Waals surface area contributed by atoms with E-state index in [9.17, 15) is 18.0 Å². The predicted molar refractivity (Wildman–Crippen MR) is 36.0 cm³/mol. The molecule has 0 saturated carbocycles. The van der Waals surface area contributed by atoms with Crippen LogP contribution in [0.25, 0.3) is 0 Å². The summed E-state index contributed by atoms with van der Waals surface area (Å²) in [6.45, 7) is 0. The van der Waals surface area contributed by atoms with Crippen LogP contribution in [0.2, 0.25) is 0 Å². The van der Waals surface area contributed by atoms with Gasteiger partial charge in [0.05, 0.1) is 6.20 Å². The lowest BCUT2D eigenvalue weighted by Crippen LogP contribution is -2.23. The fourth-order valence-corrected chi connectivity index (χ4v) is 0.562. The van der Waals surface area contributed by atoms with Crippen molar-refractivity contribution in [1.29, 1.82) is 0 Å². The standard InChI is InChI=1S/C6H3F3N2O.H2O/c7-6(8,9)5(12)4-3-10-1-2-11-4;/h1-3H;1H2. The summed E-state index contributed by atoms with van der Waals surface area (Å²) in [4.78, 5) is 17.0. The van der Waals surface area contributed by atoms with E-state index in [4.69, 9.17) is 0 Å². The second-order valence-corrected chi connectivity index (χ2v) is 1.92. The minimum atomic E-state index is -4.88. The van der Waals surface area contributed by atoms with Gasteiger partial charge in [0.25, 0.3) is 5.78 Å². The van der Waals surface area contributed by atoms with Gasteiger partial charge in [0, 0.05) is 12.4 Å². The van der Waals surface area contributed by atoms with Crippen LogP contribution < -0.4 is 0 Å². The number of carbonyl (C=O) groups excluding carboxylic acids is 1. The minimum absolute atomic E-state index is 0. The van der Waals surface area contributed by atoms with Crippen LogP contribution in [0.15, 0.2) is 18.6 Å². The third kappa shape index (κ3) is 2.79. The second-order valence-electron chi connectivity index (χ2n) is 1.92. The number of halogens is 3. The number of Topliss-reactive ketones (excluding diaryl/α,β-unsaturated/α-hetero) is 1. The van der Waals surface area contributed by atoms with Gasteiger partial charge < -0.3 is 5.48 Å². The molecule has 0 fully saturated rings. The Kier molecular flexibility index (Phi) is 3.49. The molecule has 0 aliphatic heterocycles. The summed E-state index contributed by atoms with van der Waals surface area (Å²) >= 11 is 0. The van der Waals surface area contributed by atoms with Crippen molar-refractivity contribution >= 4 is 5.78 Å². The van der Waals surface area contributed by atoms with E-state index in [1.165, 1.54) is 6.20 Å². The van der Waals surface area contributed by atoms with Gasteiger partial charge in [0.1, 0.15) is 5.69 Å². The molecule has 2 N–H and O–H groups in total. The van der Waals surface area contributed by atoms with E-state index in [1.54, 1.807) is 0 Å². The third-order valence-electron chi connectivity index (χ3n) is 1.05. The molecule has 72 valence electrons. The Morgan fingerprint density at radius 2 is 1.92 bits per heavy atom. The molecule has 0 spiro atoms. The maximum atomic E-state index is 11.7. The minimum Gasteiger partial charge on any atom is -0.412 e. The van der Waals surface area contributed by atoms with E-state index in [2.05, 4.69) is 9.97 Å². The van der Waals surface area contributed by atoms with Crippen LogP contribution in [0.4, 0.5) is 13.2 Å². The second kappa shape index (κ2) is 3.94. The number of rotatable bonds is 1. The predicted octanol–water partition coefficient (Wildman–Crippen LogP) is 0.397. The van der Waals surface area contributed by atoms with Crippen molar-refractivity contribution in [1.82, 2.24) is 9.97 Å². The number of aromatic nitrogens is 2. The van der Waals surface area contributed by atoms with Crippen LogP contribution in [0.1, 0.15) is 10.5 Å². The van der Waals surface area contributed by atoms with E-state index >= 15 is 0 Å². The number of alkyl halides is 3. The molecule has 1 rings (SSSR count). The van der Waals surface area contributed by atoms with Crippen molar-refractivity contribution in [2.24, 2.45) is 0 Å². The molecule has 4 nitrogen and oxygen atoms in total. The number of ketones is 1. The zero-order chi connectivity index (χ0) is 9.19. The summed E-state index contributed by atoms with van der Waals surface area (Å²) < 4.78 is 35.2. The Hall–Kier alpha value is -1.50. The average Bonchev–Trinajstić information content (AvgIpc) is 2.03. The monoisotopic (exact) mass is 194 g/mol. The molecule has 0 aliphatic carbocycles. The van der Waals surface area contributed by atoms with Crippen LogP contribution in [0.5, 0.6) is 0 Å². The molecule has 0 unspecified atom stereocenters. The highest BCUT2D eigenvalue weighted by molar-refractivity contribution is 5.98. The molecule has 0 amide bonds. The third-order valence-corrected chi connectivity index (χ3v) is 1.05. The number of carbonyl (C=O) groups is 1. The van der Waals surface area contributed by atoms with Crippen molar-refractivity contribution < 1.29 is 23.4 Å². The van der Waals surface area contributed by atoms with Gasteiger partial charge in [-0.05, 0) is 0 Å². The van der Waals surface area contributed by atoms with Gasteiger partial charge >= 0.3 is 6.18 Å². The van der Waals surface area contributed by atoms with Gasteiger partial charge in [-0.15, -0.1) is 0 Å². The fraction of sp³-hybridized carbons (Fsp3) is 0.167. The highest BCUT2D eigenvalue weighted by Gasteiger charge is 2.40. The smallest absolute Gasteiger partial charge is 0.412 e. The number of hydrogen-bond donors (Lipinski definition) is 0. The molecule has 1 heterocycles. The first-order valence-corrected chi connectivity index (χ1v) is 2.89. The maximum absolute atomic E-state index is 11.7. The largest absolute Gasteiger partial charge is 0.456 e. The van der Waals surface area contributed by atoms with Crippen LogP contribution >= 0.6 is 0 Å². The number of hydrogen-bond acceptors (Lipinski definition) is 3. The maximum Gasteiger partial charge on any atom is 0.456 e. The lowest BCUT2D eigenvalue weighted by Gasteiger charge is -2.02. The Bertz CT molecular complexity index is 286. The molecule has 0 saturated heterocycles. The molecule has 0 aromatic carbocycles. The summed E-state index contributed by atoms with van der Waals surface area (Å²) in [6.07, 6.45) is -1.89. The lowest BCUT2D eigenvalue weighted by molar-refractivity contribution is -0.0888. The molecular formula is C6H5F3N2O2. The fourth-order valence-electron chi connectivity index (χ4n) is 0.562. The Labute approximate surface area is 70.7 Å². The Balaban J connectivity index is 0.00000144. The van der Waals surface area contributed by atoms with Crippen LogP contribution in [0, 0.1) is 0 Å². The van der Waals surface area contributed by atoms with Crippen LogP contribution in [-0.2, 0) is 0 Å². The van der Waals surface area contributed by atoms with E-state index in [0.717, 1.165) is 12.4 Å². The van der Waals surface area contributed by atoms with Gasteiger partial charge in [0.2, 0.25) is 0 Å². The summed E-state index contributed by atoms with van der Waals surface area (Å²) in [6, 6.07) is 0. The van der Waals surface area contributed by atoms with Crippen LogP contribution in [-0.4, -0.2) is 27.4 Å². The topological polar surface area (TPSA) is 74.3 Å². The summed E-state index contributed by atoms with van der Waals surface area (Å²) in [5.74, 6) is -1.98.